The minimum Gasteiger partial charge on any atom is -0.497 e. The van der Waals surface area contributed by atoms with Gasteiger partial charge in [-0.3, -0.25) is 4.79 Å². The highest BCUT2D eigenvalue weighted by atomic mass is 16.5. The van der Waals surface area contributed by atoms with E-state index in [4.69, 9.17) is 4.74 Å². The summed E-state index contributed by atoms with van der Waals surface area (Å²) in [5.74, 6) is 2.27. The number of aromatic nitrogens is 2. The lowest BCUT2D eigenvalue weighted by Crippen LogP contribution is -2.39. The van der Waals surface area contributed by atoms with Crippen molar-refractivity contribution in [3.8, 4) is 5.75 Å². The molecule has 0 bridgehead atoms. The van der Waals surface area contributed by atoms with Crippen molar-refractivity contribution in [2.24, 2.45) is 0 Å². The highest BCUT2D eigenvalue weighted by molar-refractivity contribution is 5.94. The minimum absolute atomic E-state index is 0.0898. The Morgan fingerprint density at radius 3 is 2.83 bits per heavy atom. The summed E-state index contributed by atoms with van der Waals surface area (Å²) in [6.45, 7) is 4.59. The van der Waals surface area contributed by atoms with Crippen LogP contribution in [-0.2, 0) is 6.54 Å². The number of benzene rings is 1. The van der Waals surface area contributed by atoms with E-state index in [9.17, 15) is 4.79 Å². The summed E-state index contributed by atoms with van der Waals surface area (Å²) >= 11 is 0. The zero-order valence-electron chi connectivity index (χ0n) is 13.7. The predicted molar refractivity (Wildman–Crippen MR) is 88.8 cm³/mol. The number of imidazole rings is 1. The molecule has 3 rings (SSSR count). The van der Waals surface area contributed by atoms with Crippen LogP contribution in [0, 0.1) is 0 Å². The zero-order valence-corrected chi connectivity index (χ0v) is 13.7. The Labute approximate surface area is 136 Å². The summed E-state index contributed by atoms with van der Waals surface area (Å²) in [5, 5.41) is 0. The van der Waals surface area contributed by atoms with Crippen molar-refractivity contribution >= 4 is 5.91 Å². The van der Waals surface area contributed by atoms with Gasteiger partial charge < -0.3 is 14.2 Å². The molecule has 1 saturated heterocycles. The van der Waals surface area contributed by atoms with Crippen LogP contribution in [-0.4, -0.2) is 40.6 Å². The number of rotatable bonds is 4. The number of methoxy groups -OCH3 is 1. The highest BCUT2D eigenvalue weighted by Gasteiger charge is 2.27. The minimum atomic E-state index is 0.0898. The molecule has 1 fully saturated rings. The molecule has 0 radical (unpaired) electrons. The number of nitrogens with zero attached hydrogens (tertiary/aromatic N) is 3. The zero-order chi connectivity index (χ0) is 16.2. The first-order valence-electron chi connectivity index (χ1n) is 8.17. The molecule has 1 amide bonds. The third-order valence-corrected chi connectivity index (χ3v) is 4.50. The topological polar surface area (TPSA) is 47.4 Å². The van der Waals surface area contributed by atoms with Gasteiger partial charge >= 0.3 is 0 Å². The summed E-state index contributed by atoms with van der Waals surface area (Å²) in [7, 11) is 1.63. The number of piperidine rings is 1. The number of aryl methyl sites for hydroxylation is 1. The van der Waals surface area contributed by atoms with E-state index in [1.165, 1.54) is 0 Å². The summed E-state index contributed by atoms with van der Waals surface area (Å²) in [6.07, 6.45) is 5.97. The van der Waals surface area contributed by atoms with Crippen LogP contribution in [0.25, 0.3) is 0 Å². The number of carbonyl (C=O) groups is 1. The third-order valence-electron chi connectivity index (χ3n) is 4.50. The molecule has 122 valence electrons. The third kappa shape index (κ3) is 3.23. The van der Waals surface area contributed by atoms with Crippen LogP contribution < -0.4 is 4.74 Å². The molecule has 1 aliphatic rings. The van der Waals surface area contributed by atoms with Crippen molar-refractivity contribution in [3.63, 3.8) is 0 Å². The summed E-state index contributed by atoms with van der Waals surface area (Å²) < 4.78 is 7.32. The first kappa shape index (κ1) is 15.6. The number of carbonyl (C=O) groups excluding carboxylic acids is 1. The maximum Gasteiger partial charge on any atom is 0.253 e. The lowest BCUT2D eigenvalue weighted by molar-refractivity contribution is 0.0703. The Morgan fingerprint density at radius 1 is 1.35 bits per heavy atom. The van der Waals surface area contributed by atoms with Crippen molar-refractivity contribution < 1.29 is 9.53 Å². The molecule has 0 saturated carbocycles. The Balaban J connectivity index is 1.73. The molecule has 0 N–H and O–H groups in total. The van der Waals surface area contributed by atoms with Crippen molar-refractivity contribution in [1.29, 1.82) is 0 Å². The normalized spacial score (nSPS) is 18.0. The number of likely N-dealkylation sites (tertiary alicyclic amines) is 1. The van der Waals surface area contributed by atoms with Gasteiger partial charge in [0.2, 0.25) is 0 Å². The van der Waals surface area contributed by atoms with Crippen molar-refractivity contribution in [3.05, 3.63) is 48.0 Å². The fourth-order valence-corrected chi connectivity index (χ4v) is 3.24. The van der Waals surface area contributed by atoms with Crippen LogP contribution in [0.4, 0.5) is 0 Å². The molecule has 5 heteroatoms. The van der Waals surface area contributed by atoms with Crippen molar-refractivity contribution in [1.82, 2.24) is 14.5 Å². The molecule has 1 aromatic carbocycles. The van der Waals surface area contributed by atoms with Crippen molar-refractivity contribution in [2.45, 2.75) is 32.2 Å². The van der Waals surface area contributed by atoms with Crippen LogP contribution in [0.3, 0.4) is 0 Å². The van der Waals surface area contributed by atoms with Gasteiger partial charge in [-0.2, -0.15) is 0 Å². The van der Waals surface area contributed by atoms with E-state index < -0.39 is 0 Å². The quantitative estimate of drug-likeness (QED) is 0.872. The SMILES string of the molecule is CCn1ccnc1[C@H]1CCCN(C(=O)c2ccc(OC)cc2)C1. The molecule has 2 heterocycles. The first-order valence-corrected chi connectivity index (χ1v) is 8.17. The Hall–Kier alpha value is -2.30. The molecule has 0 aliphatic carbocycles. The second kappa shape index (κ2) is 6.86. The Kier molecular flexibility index (Phi) is 4.65. The molecule has 1 atom stereocenters. The van der Waals surface area contributed by atoms with Crippen LogP contribution in [0.5, 0.6) is 5.75 Å². The predicted octanol–water partition coefficient (Wildman–Crippen LogP) is 2.93. The van der Waals surface area contributed by atoms with Gasteiger partial charge in [0.25, 0.3) is 5.91 Å². The van der Waals surface area contributed by atoms with Crippen LogP contribution >= 0.6 is 0 Å². The molecular weight excluding hydrogens is 290 g/mol. The standard InChI is InChI=1S/C18H23N3O2/c1-3-20-12-10-19-17(20)15-5-4-11-21(13-15)18(22)14-6-8-16(23-2)9-7-14/h6-10,12,15H,3-5,11,13H2,1-2H3/t15-/m0/s1. The van der Waals surface area contributed by atoms with Crippen LogP contribution in [0.2, 0.25) is 0 Å². The van der Waals surface area contributed by atoms with E-state index in [0.717, 1.165) is 44.0 Å². The fraction of sp³-hybridized carbons (Fsp3) is 0.444. The second-order valence-electron chi connectivity index (χ2n) is 5.89. The number of hydrogen-bond donors (Lipinski definition) is 0. The van der Waals surface area contributed by atoms with Crippen LogP contribution in [0.15, 0.2) is 36.7 Å². The first-order chi connectivity index (χ1) is 11.2. The molecule has 1 aromatic heterocycles. The molecule has 2 aromatic rings. The molecule has 0 unspecified atom stereocenters. The summed E-state index contributed by atoms with van der Waals surface area (Å²) in [6, 6.07) is 7.33. The van der Waals surface area contributed by atoms with Gasteiger partial charge in [-0.1, -0.05) is 0 Å². The van der Waals surface area contributed by atoms with Gasteiger partial charge in [0.15, 0.2) is 0 Å². The van der Waals surface area contributed by atoms with Crippen LogP contribution in [0.1, 0.15) is 41.9 Å². The van der Waals surface area contributed by atoms with E-state index in [1.54, 1.807) is 7.11 Å². The molecule has 5 nitrogen and oxygen atoms in total. The van der Waals surface area contributed by atoms with Gasteiger partial charge in [-0.25, -0.2) is 4.98 Å². The van der Waals surface area contributed by atoms with E-state index >= 15 is 0 Å². The average Bonchev–Trinajstić information content (AvgIpc) is 3.10. The lowest BCUT2D eigenvalue weighted by atomic mass is 9.96. The number of ether oxygens (including phenoxy) is 1. The van der Waals surface area contributed by atoms with Gasteiger partial charge in [0.05, 0.1) is 7.11 Å². The monoisotopic (exact) mass is 313 g/mol. The smallest absolute Gasteiger partial charge is 0.253 e. The maximum atomic E-state index is 12.7. The van der Waals surface area contributed by atoms with E-state index in [-0.39, 0.29) is 5.91 Å². The number of hydrogen-bond acceptors (Lipinski definition) is 3. The Bertz CT molecular complexity index is 663. The molecule has 1 aliphatic heterocycles. The van der Waals surface area contributed by atoms with Gasteiger partial charge in [-0.15, -0.1) is 0 Å². The van der Waals surface area contributed by atoms with Crippen molar-refractivity contribution in [2.75, 3.05) is 20.2 Å². The summed E-state index contributed by atoms with van der Waals surface area (Å²) in [4.78, 5) is 19.2. The van der Waals surface area contributed by atoms with E-state index in [1.807, 2.05) is 41.6 Å². The van der Waals surface area contributed by atoms with Gasteiger partial charge in [0.1, 0.15) is 11.6 Å². The molecule has 0 spiro atoms. The largest absolute Gasteiger partial charge is 0.497 e. The molecular formula is C18H23N3O2. The second-order valence-corrected chi connectivity index (χ2v) is 5.89. The van der Waals surface area contributed by atoms with Gasteiger partial charge in [0, 0.05) is 43.5 Å². The molecule has 23 heavy (non-hydrogen) atoms. The van der Waals surface area contributed by atoms with Gasteiger partial charge in [-0.05, 0) is 44.0 Å². The average molecular weight is 313 g/mol. The summed E-state index contributed by atoms with van der Waals surface area (Å²) in [5.41, 5.74) is 0.713. The maximum absolute atomic E-state index is 12.7. The highest BCUT2D eigenvalue weighted by Crippen LogP contribution is 2.27. The van der Waals surface area contributed by atoms with E-state index in [2.05, 4.69) is 16.5 Å². The lowest BCUT2D eigenvalue weighted by Gasteiger charge is -2.32. The fourth-order valence-electron chi connectivity index (χ4n) is 3.24. The van der Waals surface area contributed by atoms with E-state index in [0.29, 0.717) is 11.5 Å². The number of amides is 1. The Morgan fingerprint density at radius 2 is 2.13 bits per heavy atom.